The molecule has 0 atom stereocenters. The molecular formula is C12H24N2O2Si2. The highest BCUT2D eigenvalue weighted by molar-refractivity contribution is 6.75. The third-order valence-corrected chi connectivity index (χ3v) is 6.44. The van der Waals surface area contributed by atoms with Crippen LogP contribution in [0.5, 0.6) is 0 Å². The van der Waals surface area contributed by atoms with Crippen LogP contribution in [0.15, 0.2) is 15.8 Å². The van der Waals surface area contributed by atoms with Gasteiger partial charge in [0.25, 0.3) is 5.56 Å². The lowest BCUT2D eigenvalue weighted by Crippen LogP contribution is -2.57. The zero-order valence-corrected chi connectivity index (χ0v) is 14.5. The van der Waals surface area contributed by atoms with Gasteiger partial charge in [-0.1, -0.05) is 46.2 Å². The van der Waals surface area contributed by atoms with Crippen molar-refractivity contribution in [2.45, 2.75) is 52.6 Å². The van der Waals surface area contributed by atoms with Crippen molar-refractivity contribution in [1.29, 1.82) is 0 Å². The van der Waals surface area contributed by atoms with Gasteiger partial charge >= 0.3 is 5.69 Å². The third-order valence-electron chi connectivity index (χ3n) is 2.93. The molecule has 0 fully saturated rings. The van der Waals surface area contributed by atoms with Crippen molar-refractivity contribution in [3.8, 4) is 0 Å². The molecule has 0 radical (unpaired) electrons. The Bertz CT molecular complexity index is 559. The number of rotatable bonds is 3. The Morgan fingerprint density at radius 2 is 1.50 bits per heavy atom. The molecule has 0 spiro atoms. The van der Waals surface area contributed by atoms with Gasteiger partial charge in [0.1, 0.15) is 0 Å². The standard InChI is InChI=1S/C12H24N2O2Si2/c1-8-10-9-13(17(2,3)4)12(16)14(11(10)15)18(5,6)7/h9H,8H2,1-7H3. The molecule has 0 N–H and O–H groups in total. The summed E-state index contributed by atoms with van der Waals surface area (Å²) in [6.45, 7) is 14.4. The number of nitrogens with zero attached hydrogens (tertiary/aromatic N) is 2. The van der Waals surface area contributed by atoms with Gasteiger partial charge in [-0.05, 0) is 6.42 Å². The average Bonchev–Trinajstić information content (AvgIpc) is 2.13. The second kappa shape index (κ2) is 4.66. The van der Waals surface area contributed by atoms with Gasteiger partial charge in [0.2, 0.25) is 0 Å². The SMILES string of the molecule is CCc1cn([Si](C)(C)C)c(=O)n([Si](C)(C)C)c1=O. The molecule has 0 unspecified atom stereocenters. The van der Waals surface area contributed by atoms with Crippen molar-refractivity contribution >= 4 is 16.5 Å². The Morgan fingerprint density at radius 3 is 1.83 bits per heavy atom. The van der Waals surface area contributed by atoms with Crippen LogP contribution in [-0.4, -0.2) is 24.9 Å². The minimum Gasteiger partial charge on any atom is -0.329 e. The molecule has 4 nitrogen and oxygen atoms in total. The van der Waals surface area contributed by atoms with Crippen molar-refractivity contribution in [3.05, 3.63) is 32.6 Å². The molecule has 0 aliphatic heterocycles. The van der Waals surface area contributed by atoms with Crippen LogP contribution >= 0.6 is 0 Å². The Balaban J connectivity index is 3.83. The Morgan fingerprint density at radius 1 is 1.00 bits per heavy atom. The summed E-state index contributed by atoms with van der Waals surface area (Å²) in [6.07, 6.45) is 2.46. The molecule has 0 aliphatic carbocycles. The second-order valence-corrected chi connectivity index (χ2v) is 16.3. The van der Waals surface area contributed by atoms with Crippen molar-refractivity contribution in [2.24, 2.45) is 0 Å². The zero-order chi connectivity index (χ0) is 14.3. The number of aryl methyl sites for hydroxylation is 1. The van der Waals surface area contributed by atoms with Crippen molar-refractivity contribution in [2.75, 3.05) is 0 Å². The smallest absolute Gasteiger partial charge is 0.314 e. The molecule has 0 bridgehead atoms. The van der Waals surface area contributed by atoms with E-state index in [1.807, 2.05) is 30.8 Å². The summed E-state index contributed by atoms with van der Waals surface area (Å²) in [7, 11) is -3.78. The predicted octanol–water partition coefficient (Wildman–Crippen LogP) is 1.94. The van der Waals surface area contributed by atoms with Gasteiger partial charge in [0.15, 0.2) is 16.5 Å². The monoisotopic (exact) mass is 284 g/mol. The van der Waals surface area contributed by atoms with E-state index in [1.54, 1.807) is 6.20 Å². The average molecular weight is 285 g/mol. The van der Waals surface area contributed by atoms with Gasteiger partial charge in [0.05, 0.1) is 0 Å². The molecule has 0 aromatic carbocycles. The number of hydrogen-bond acceptors (Lipinski definition) is 2. The Labute approximate surface area is 110 Å². The van der Waals surface area contributed by atoms with Crippen LogP contribution in [0.2, 0.25) is 39.3 Å². The maximum Gasteiger partial charge on any atom is 0.314 e. The summed E-state index contributed by atoms with van der Waals surface area (Å²) >= 11 is 0. The van der Waals surface area contributed by atoms with Crippen LogP contribution in [-0.2, 0) is 6.42 Å². The molecule has 0 aliphatic rings. The molecule has 102 valence electrons. The minimum atomic E-state index is -1.99. The lowest BCUT2D eigenvalue weighted by Gasteiger charge is -2.26. The van der Waals surface area contributed by atoms with E-state index >= 15 is 0 Å². The molecule has 6 heteroatoms. The molecular weight excluding hydrogens is 260 g/mol. The maximum absolute atomic E-state index is 12.5. The van der Waals surface area contributed by atoms with Crippen LogP contribution in [0.3, 0.4) is 0 Å². The van der Waals surface area contributed by atoms with Crippen LogP contribution in [0.1, 0.15) is 12.5 Å². The summed E-state index contributed by atoms with van der Waals surface area (Å²) in [5, 5.41) is 0. The highest BCUT2D eigenvalue weighted by atomic mass is 28.3. The molecule has 18 heavy (non-hydrogen) atoms. The van der Waals surface area contributed by atoms with Crippen molar-refractivity contribution < 1.29 is 0 Å². The van der Waals surface area contributed by atoms with E-state index < -0.39 is 16.5 Å². The van der Waals surface area contributed by atoms with E-state index in [2.05, 4.69) is 19.6 Å². The van der Waals surface area contributed by atoms with Crippen molar-refractivity contribution in [1.82, 2.24) is 8.47 Å². The molecule has 1 rings (SSSR count). The van der Waals surface area contributed by atoms with Gasteiger partial charge in [-0.2, -0.15) is 0 Å². The van der Waals surface area contributed by atoms with Gasteiger partial charge in [-0.25, -0.2) is 4.79 Å². The first-order valence-corrected chi connectivity index (χ1v) is 13.3. The fourth-order valence-corrected chi connectivity index (χ4v) is 4.67. The second-order valence-electron chi connectivity index (χ2n) is 6.64. The predicted molar refractivity (Wildman–Crippen MR) is 81.8 cm³/mol. The molecule has 1 heterocycles. The first-order chi connectivity index (χ1) is 8.00. The van der Waals surface area contributed by atoms with E-state index in [-0.39, 0.29) is 11.2 Å². The van der Waals surface area contributed by atoms with Crippen LogP contribution < -0.4 is 11.2 Å². The fraction of sp³-hybridized carbons (Fsp3) is 0.667. The molecule has 0 saturated heterocycles. The third kappa shape index (κ3) is 2.75. The fourth-order valence-electron chi connectivity index (χ4n) is 1.92. The first-order valence-electron chi connectivity index (χ1n) is 6.38. The summed E-state index contributed by atoms with van der Waals surface area (Å²) in [6, 6.07) is 0. The lowest BCUT2D eigenvalue weighted by atomic mass is 10.3. The minimum absolute atomic E-state index is 0.0869. The van der Waals surface area contributed by atoms with Gasteiger partial charge in [-0.15, -0.1) is 0 Å². The summed E-state index contributed by atoms with van der Waals surface area (Å²) < 4.78 is 3.36. The summed E-state index contributed by atoms with van der Waals surface area (Å²) in [4.78, 5) is 24.9. The number of aromatic nitrogens is 2. The summed E-state index contributed by atoms with van der Waals surface area (Å²) in [5.74, 6) is 0. The molecule has 1 aromatic rings. The van der Waals surface area contributed by atoms with Gasteiger partial charge in [-0.3, -0.25) is 9.03 Å². The quantitative estimate of drug-likeness (QED) is 0.796. The molecule has 0 amide bonds. The maximum atomic E-state index is 12.5. The summed E-state index contributed by atoms with van der Waals surface area (Å²) in [5.41, 5.74) is 0.547. The normalized spacial score (nSPS) is 12.8. The molecule has 0 saturated carbocycles. The van der Waals surface area contributed by atoms with E-state index in [1.165, 1.54) is 4.23 Å². The van der Waals surface area contributed by atoms with Crippen LogP contribution in [0.4, 0.5) is 0 Å². The van der Waals surface area contributed by atoms with E-state index in [0.29, 0.717) is 6.42 Å². The van der Waals surface area contributed by atoms with Crippen molar-refractivity contribution in [3.63, 3.8) is 0 Å². The zero-order valence-electron chi connectivity index (χ0n) is 12.5. The first kappa shape index (κ1) is 15.2. The largest absolute Gasteiger partial charge is 0.329 e. The van der Waals surface area contributed by atoms with Gasteiger partial charge < -0.3 is 4.23 Å². The van der Waals surface area contributed by atoms with Gasteiger partial charge in [0, 0.05) is 11.8 Å². The van der Waals surface area contributed by atoms with Crippen LogP contribution in [0, 0.1) is 0 Å². The highest BCUT2D eigenvalue weighted by Crippen LogP contribution is 2.06. The van der Waals surface area contributed by atoms with E-state index in [9.17, 15) is 9.59 Å². The lowest BCUT2D eigenvalue weighted by molar-refractivity contribution is 0.827. The van der Waals surface area contributed by atoms with Crippen LogP contribution in [0.25, 0.3) is 0 Å². The Kier molecular flexibility index (Phi) is 3.93. The highest BCUT2D eigenvalue weighted by Gasteiger charge is 2.27. The molecule has 1 aromatic heterocycles. The number of hydrogen-bond donors (Lipinski definition) is 0. The van der Waals surface area contributed by atoms with E-state index in [0.717, 1.165) is 5.56 Å². The topological polar surface area (TPSA) is 44.0 Å². The van der Waals surface area contributed by atoms with E-state index in [4.69, 9.17) is 0 Å². The Hall–Kier alpha value is -0.886.